The molecule has 0 spiro atoms. The molecule has 8 heteroatoms. The number of nitro benzene ring substituents is 1. The lowest BCUT2D eigenvalue weighted by atomic mass is 10.1. The number of hydrogen-bond donors (Lipinski definition) is 1. The zero-order chi connectivity index (χ0) is 15.3. The summed E-state index contributed by atoms with van der Waals surface area (Å²) < 4.78 is 26.9. The average molecular weight is 287 g/mol. The smallest absolute Gasteiger partial charge is 0.308 e. The molecule has 6 nitrogen and oxygen atoms in total. The van der Waals surface area contributed by atoms with Gasteiger partial charge in [-0.25, -0.2) is 4.39 Å². The Morgan fingerprint density at radius 2 is 2.05 bits per heavy atom. The number of benzene rings is 1. The molecule has 1 aromatic carbocycles. The minimum atomic E-state index is -1.33. The first-order chi connectivity index (χ1) is 9.32. The number of carbonyl (C=O) groups excluding carboxylic acids is 1. The Kier molecular flexibility index (Phi) is 5.51. The van der Waals surface area contributed by atoms with E-state index in [4.69, 9.17) is 0 Å². The first-order valence-electron chi connectivity index (χ1n) is 5.89. The second-order valence-corrected chi connectivity index (χ2v) is 4.46. The third kappa shape index (κ3) is 4.23. The minimum absolute atomic E-state index is 0.265. The van der Waals surface area contributed by atoms with E-state index in [9.17, 15) is 23.7 Å². The van der Waals surface area contributed by atoms with Gasteiger partial charge in [0, 0.05) is 6.54 Å². The fraction of sp³-hybridized carbons (Fsp3) is 0.417. The number of carbonyl (C=O) groups is 1. The van der Waals surface area contributed by atoms with Gasteiger partial charge in [-0.15, -0.1) is 0 Å². The standard InChI is InChI=1S/C12H15F2N3O3/c1-16(2)5-3-4-15-12(18)9-6-8(13)7-10(11(9)14)17(19)20/h6-7H,3-5H2,1-2H3,(H,15,18). The monoisotopic (exact) mass is 287 g/mol. The van der Waals surface area contributed by atoms with E-state index in [1.165, 1.54) is 0 Å². The molecule has 1 rings (SSSR count). The first-order valence-corrected chi connectivity index (χ1v) is 5.89. The minimum Gasteiger partial charge on any atom is -0.352 e. The van der Waals surface area contributed by atoms with Crippen molar-refractivity contribution in [1.29, 1.82) is 0 Å². The van der Waals surface area contributed by atoms with Gasteiger partial charge in [-0.05, 0) is 33.1 Å². The lowest BCUT2D eigenvalue weighted by Gasteiger charge is -2.10. The lowest BCUT2D eigenvalue weighted by molar-refractivity contribution is -0.387. The molecule has 20 heavy (non-hydrogen) atoms. The average Bonchev–Trinajstić information content (AvgIpc) is 2.36. The van der Waals surface area contributed by atoms with Gasteiger partial charge in [0.15, 0.2) is 0 Å². The number of halogens is 2. The summed E-state index contributed by atoms with van der Waals surface area (Å²) in [5.41, 5.74) is -1.72. The summed E-state index contributed by atoms with van der Waals surface area (Å²) in [4.78, 5) is 23.1. The highest BCUT2D eigenvalue weighted by Crippen LogP contribution is 2.22. The molecule has 1 N–H and O–H groups in total. The molecule has 0 unspecified atom stereocenters. The van der Waals surface area contributed by atoms with Gasteiger partial charge in [0.25, 0.3) is 5.91 Å². The molecule has 0 bridgehead atoms. The number of hydrogen-bond acceptors (Lipinski definition) is 4. The molecule has 0 aliphatic carbocycles. The Morgan fingerprint density at radius 3 is 2.60 bits per heavy atom. The fourth-order valence-electron chi connectivity index (χ4n) is 1.57. The van der Waals surface area contributed by atoms with Crippen LogP contribution >= 0.6 is 0 Å². The Bertz CT molecular complexity index is 521. The second-order valence-electron chi connectivity index (χ2n) is 4.46. The van der Waals surface area contributed by atoms with Gasteiger partial charge in [0.2, 0.25) is 5.82 Å². The molecule has 0 aliphatic rings. The number of nitrogens with zero attached hydrogens (tertiary/aromatic N) is 2. The maximum Gasteiger partial charge on any atom is 0.308 e. The largest absolute Gasteiger partial charge is 0.352 e. The topological polar surface area (TPSA) is 75.5 Å². The van der Waals surface area contributed by atoms with E-state index in [0.717, 1.165) is 0 Å². The van der Waals surface area contributed by atoms with E-state index in [1.54, 1.807) is 0 Å². The first kappa shape index (κ1) is 16.0. The molecule has 110 valence electrons. The molecule has 1 aromatic rings. The normalized spacial score (nSPS) is 10.7. The molecule has 0 saturated heterocycles. The molecule has 0 aliphatic heterocycles. The molecular formula is C12H15F2N3O3. The third-order valence-electron chi connectivity index (χ3n) is 2.53. The fourth-order valence-corrected chi connectivity index (χ4v) is 1.57. The van der Waals surface area contributed by atoms with Crippen molar-refractivity contribution in [2.75, 3.05) is 27.2 Å². The van der Waals surface area contributed by atoms with Crippen molar-refractivity contribution in [3.8, 4) is 0 Å². The summed E-state index contributed by atoms with van der Waals surface area (Å²) in [5, 5.41) is 12.9. The van der Waals surface area contributed by atoms with Crippen LogP contribution in [-0.2, 0) is 0 Å². The van der Waals surface area contributed by atoms with Gasteiger partial charge < -0.3 is 10.2 Å². The third-order valence-corrected chi connectivity index (χ3v) is 2.53. The van der Waals surface area contributed by atoms with Crippen molar-refractivity contribution in [2.24, 2.45) is 0 Å². The van der Waals surface area contributed by atoms with Crippen molar-refractivity contribution in [1.82, 2.24) is 10.2 Å². The van der Waals surface area contributed by atoms with Crippen LogP contribution in [0, 0.1) is 21.7 Å². The Labute approximate surface area is 114 Å². The predicted molar refractivity (Wildman–Crippen MR) is 68.5 cm³/mol. The zero-order valence-electron chi connectivity index (χ0n) is 11.2. The molecule has 0 heterocycles. The van der Waals surface area contributed by atoms with Crippen LogP contribution in [0.15, 0.2) is 12.1 Å². The van der Waals surface area contributed by atoms with E-state index in [0.29, 0.717) is 25.1 Å². The summed E-state index contributed by atoms with van der Waals surface area (Å²) >= 11 is 0. The van der Waals surface area contributed by atoms with Gasteiger partial charge in [0.1, 0.15) is 5.82 Å². The number of rotatable bonds is 6. The molecule has 0 aromatic heterocycles. The van der Waals surface area contributed by atoms with Gasteiger partial charge >= 0.3 is 5.69 Å². The highest BCUT2D eigenvalue weighted by molar-refractivity contribution is 5.95. The quantitative estimate of drug-likeness (QED) is 0.489. The van der Waals surface area contributed by atoms with Crippen LogP contribution in [0.25, 0.3) is 0 Å². The SMILES string of the molecule is CN(C)CCCNC(=O)c1cc(F)cc([N+](=O)[O-])c1F. The summed E-state index contributed by atoms with van der Waals surface area (Å²) in [6.07, 6.45) is 0.623. The van der Waals surface area contributed by atoms with Crippen LogP contribution in [-0.4, -0.2) is 42.9 Å². The summed E-state index contributed by atoms with van der Waals surface area (Å²) in [6, 6.07) is 1.09. The van der Waals surface area contributed by atoms with Crippen LogP contribution in [0.4, 0.5) is 14.5 Å². The summed E-state index contributed by atoms with van der Waals surface area (Å²) in [6.45, 7) is 0.979. The summed E-state index contributed by atoms with van der Waals surface area (Å²) in [7, 11) is 3.72. The molecular weight excluding hydrogens is 272 g/mol. The van der Waals surface area contributed by atoms with Crippen LogP contribution in [0.2, 0.25) is 0 Å². The molecule has 0 atom stereocenters. The molecule has 0 fully saturated rings. The van der Waals surface area contributed by atoms with Gasteiger partial charge in [-0.1, -0.05) is 0 Å². The van der Waals surface area contributed by atoms with Gasteiger partial charge in [0.05, 0.1) is 16.6 Å². The number of amides is 1. The van der Waals surface area contributed by atoms with Gasteiger partial charge in [-0.2, -0.15) is 4.39 Å². The van der Waals surface area contributed by atoms with Crippen molar-refractivity contribution in [3.05, 3.63) is 39.4 Å². The second kappa shape index (κ2) is 6.90. The molecule has 1 amide bonds. The van der Waals surface area contributed by atoms with E-state index in [-0.39, 0.29) is 6.54 Å². The molecule has 0 saturated carbocycles. The molecule has 0 radical (unpaired) electrons. The lowest BCUT2D eigenvalue weighted by Crippen LogP contribution is -2.28. The van der Waals surface area contributed by atoms with Gasteiger partial charge in [-0.3, -0.25) is 14.9 Å². The van der Waals surface area contributed by atoms with Crippen LogP contribution < -0.4 is 5.32 Å². The van der Waals surface area contributed by atoms with Crippen LogP contribution in [0.3, 0.4) is 0 Å². The predicted octanol–water partition coefficient (Wildman–Crippen LogP) is 1.55. The summed E-state index contributed by atoms with van der Waals surface area (Å²) in [5.74, 6) is -3.23. The number of nitro groups is 1. The van der Waals surface area contributed by atoms with E-state index in [1.807, 2.05) is 19.0 Å². The Morgan fingerprint density at radius 1 is 1.40 bits per heavy atom. The van der Waals surface area contributed by atoms with Crippen LogP contribution in [0.1, 0.15) is 16.8 Å². The maximum atomic E-state index is 13.7. The van der Waals surface area contributed by atoms with Crippen molar-refractivity contribution >= 4 is 11.6 Å². The van der Waals surface area contributed by atoms with E-state index >= 15 is 0 Å². The highest BCUT2D eigenvalue weighted by Gasteiger charge is 2.23. The van der Waals surface area contributed by atoms with Crippen molar-refractivity contribution < 1.29 is 18.5 Å². The van der Waals surface area contributed by atoms with E-state index in [2.05, 4.69) is 5.32 Å². The number of nitrogens with one attached hydrogen (secondary N) is 1. The zero-order valence-corrected chi connectivity index (χ0v) is 11.2. The highest BCUT2D eigenvalue weighted by atomic mass is 19.1. The Hall–Kier alpha value is -2.09. The maximum absolute atomic E-state index is 13.7. The van der Waals surface area contributed by atoms with Crippen molar-refractivity contribution in [2.45, 2.75) is 6.42 Å². The van der Waals surface area contributed by atoms with Crippen LogP contribution in [0.5, 0.6) is 0 Å². The van der Waals surface area contributed by atoms with E-state index < -0.39 is 33.7 Å². The van der Waals surface area contributed by atoms with Crippen molar-refractivity contribution in [3.63, 3.8) is 0 Å². The Balaban J connectivity index is 2.80.